The van der Waals surface area contributed by atoms with E-state index in [1.165, 1.54) is 0 Å². The van der Waals surface area contributed by atoms with Gasteiger partial charge in [0.15, 0.2) is 0 Å². The zero-order valence-corrected chi connectivity index (χ0v) is 11.8. The smallest absolute Gasteiger partial charge is 0.309 e. The average molecular weight is 266 g/mol. The molecular formula is C15H22O4. The highest BCUT2D eigenvalue weighted by atomic mass is 16.5. The molecule has 0 heterocycles. The van der Waals surface area contributed by atoms with Crippen molar-refractivity contribution in [1.29, 1.82) is 0 Å². The van der Waals surface area contributed by atoms with Crippen molar-refractivity contribution in [2.75, 3.05) is 13.2 Å². The van der Waals surface area contributed by atoms with Crippen LogP contribution in [-0.2, 0) is 15.1 Å². The molecule has 1 N–H and O–H groups in total. The van der Waals surface area contributed by atoms with Crippen LogP contribution in [0.1, 0.15) is 39.2 Å². The highest BCUT2D eigenvalue weighted by Gasteiger charge is 2.27. The highest BCUT2D eigenvalue weighted by molar-refractivity contribution is 5.71. The van der Waals surface area contributed by atoms with Crippen molar-refractivity contribution in [2.24, 2.45) is 0 Å². The summed E-state index contributed by atoms with van der Waals surface area (Å²) in [5, 5.41) is 10.3. The summed E-state index contributed by atoms with van der Waals surface area (Å²) < 4.78 is 10.3. The minimum atomic E-state index is -1.23. The number of hydrogen-bond acceptors (Lipinski definition) is 4. The van der Waals surface area contributed by atoms with E-state index in [1.807, 2.05) is 6.92 Å². The molecule has 0 amide bonds. The Morgan fingerprint density at radius 1 is 1.26 bits per heavy atom. The molecule has 1 aromatic carbocycles. The van der Waals surface area contributed by atoms with Gasteiger partial charge in [-0.25, -0.2) is 0 Å². The Bertz CT molecular complexity index is 395. The average Bonchev–Trinajstić information content (AvgIpc) is 2.36. The van der Waals surface area contributed by atoms with E-state index in [9.17, 15) is 9.90 Å². The number of esters is 1. The van der Waals surface area contributed by atoms with Gasteiger partial charge < -0.3 is 14.6 Å². The Morgan fingerprint density at radius 2 is 1.89 bits per heavy atom. The maximum atomic E-state index is 11.4. The van der Waals surface area contributed by atoms with Crippen LogP contribution in [0, 0.1) is 0 Å². The molecule has 0 aliphatic rings. The zero-order chi connectivity index (χ0) is 14.3. The summed E-state index contributed by atoms with van der Waals surface area (Å²) in [5.74, 6) is 0.358. The summed E-state index contributed by atoms with van der Waals surface area (Å²) in [4.78, 5) is 11.4. The standard InChI is InChI=1S/C15H22O4/c1-4-10-19-13-8-6-12(7-9-13)15(3,17)11-14(16)18-5-2/h6-9,17H,4-5,10-11H2,1-3H3. The maximum absolute atomic E-state index is 11.4. The first kappa shape index (κ1) is 15.5. The van der Waals surface area contributed by atoms with Crippen molar-refractivity contribution in [1.82, 2.24) is 0 Å². The molecule has 1 atom stereocenters. The predicted octanol–water partition coefficient (Wildman–Crippen LogP) is 2.64. The third-order valence-electron chi connectivity index (χ3n) is 2.74. The number of rotatable bonds is 7. The van der Waals surface area contributed by atoms with E-state index in [0.29, 0.717) is 18.8 Å². The van der Waals surface area contributed by atoms with Crippen LogP contribution in [0.4, 0.5) is 0 Å². The van der Waals surface area contributed by atoms with E-state index < -0.39 is 11.6 Å². The van der Waals surface area contributed by atoms with Crippen molar-refractivity contribution in [2.45, 2.75) is 39.2 Å². The van der Waals surface area contributed by atoms with E-state index in [1.54, 1.807) is 38.1 Å². The second-order valence-corrected chi connectivity index (χ2v) is 4.63. The van der Waals surface area contributed by atoms with Gasteiger partial charge in [-0.1, -0.05) is 19.1 Å². The molecule has 0 aromatic heterocycles. The Balaban J connectivity index is 2.69. The van der Waals surface area contributed by atoms with Gasteiger partial charge in [0.2, 0.25) is 0 Å². The Morgan fingerprint density at radius 3 is 2.42 bits per heavy atom. The summed E-state index contributed by atoms with van der Waals surface area (Å²) in [6.07, 6.45) is 0.887. The number of aliphatic hydroxyl groups is 1. The largest absolute Gasteiger partial charge is 0.494 e. The van der Waals surface area contributed by atoms with E-state index in [-0.39, 0.29) is 6.42 Å². The van der Waals surface area contributed by atoms with Gasteiger partial charge in [-0.3, -0.25) is 4.79 Å². The molecule has 106 valence electrons. The van der Waals surface area contributed by atoms with Crippen LogP contribution in [0.25, 0.3) is 0 Å². The number of benzene rings is 1. The van der Waals surface area contributed by atoms with Gasteiger partial charge in [-0.05, 0) is 38.0 Å². The van der Waals surface area contributed by atoms with Crippen LogP contribution in [0.15, 0.2) is 24.3 Å². The molecule has 1 rings (SSSR count). The van der Waals surface area contributed by atoms with E-state index >= 15 is 0 Å². The Labute approximate surface area is 114 Å². The first-order valence-electron chi connectivity index (χ1n) is 6.61. The lowest BCUT2D eigenvalue weighted by Gasteiger charge is -2.23. The number of carbonyl (C=O) groups excluding carboxylic acids is 1. The molecule has 0 bridgehead atoms. The second kappa shape index (κ2) is 7.14. The summed E-state index contributed by atoms with van der Waals surface area (Å²) in [5.41, 5.74) is -0.556. The summed E-state index contributed by atoms with van der Waals surface area (Å²) in [7, 11) is 0. The summed E-state index contributed by atoms with van der Waals surface area (Å²) in [6.45, 7) is 6.37. The van der Waals surface area contributed by atoms with Crippen LogP contribution in [-0.4, -0.2) is 24.3 Å². The van der Waals surface area contributed by atoms with Gasteiger partial charge in [-0.2, -0.15) is 0 Å². The van der Waals surface area contributed by atoms with Crippen molar-refractivity contribution < 1.29 is 19.4 Å². The third kappa shape index (κ3) is 4.91. The molecule has 0 fully saturated rings. The minimum Gasteiger partial charge on any atom is -0.494 e. The van der Waals surface area contributed by atoms with Crippen molar-refractivity contribution in [3.8, 4) is 5.75 Å². The molecular weight excluding hydrogens is 244 g/mol. The number of ether oxygens (including phenoxy) is 2. The van der Waals surface area contributed by atoms with Crippen LogP contribution in [0.5, 0.6) is 5.75 Å². The molecule has 0 spiro atoms. The molecule has 4 heteroatoms. The minimum absolute atomic E-state index is 0.0595. The maximum Gasteiger partial charge on any atom is 0.309 e. The van der Waals surface area contributed by atoms with E-state index in [4.69, 9.17) is 9.47 Å². The van der Waals surface area contributed by atoms with E-state index in [2.05, 4.69) is 0 Å². The van der Waals surface area contributed by atoms with Gasteiger partial charge in [0.05, 0.1) is 25.2 Å². The molecule has 1 unspecified atom stereocenters. The number of hydrogen-bond donors (Lipinski definition) is 1. The summed E-state index contributed by atoms with van der Waals surface area (Å²) >= 11 is 0. The Hall–Kier alpha value is -1.55. The van der Waals surface area contributed by atoms with Crippen LogP contribution < -0.4 is 4.74 Å². The molecule has 19 heavy (non-hydrogen) atoms. The fourth-order valence-corrected chi connectivity index (χ4v) is 1.73. The second-order valence-electron chi connectivity index (χ2n) is 4.63. The lowest BCUT2D eigenvalue weighted by Crippen LogP contribution is -2.26. The predicted molar refractivity (Wildman–Crippen MR) is 73.0 cm³/mol. The fraction of sp³-hybridized carbons (Fsp3) is 0.533. The number of carbonyl (C=O) groups is 1. The highest BCUT2D eigenvalue weighted by Crippen LogP contribution is 2.26. The first-order valence-corrected chi connectivity index (χ1v) is 6.61. The molecule has 0 saturated heterocycles. The van der Waals surface area contributed by atoms with Gasteiger partial charge in [-0.15, -0.1) is 0 Å². The van der Waals surface area contributed by atoms with Crippen LogP contribution in [0.3, 0.4) is 0 Å². The zero-order valence-electron chi connectivity index (χ0n) is 11.8. The first-order chi connectivity index (χ1) is 8.99. The fourth-order valence-electron chi connectivity index (χ4n) is 1.73. The van der Waals surface area contributed by atoms with Crippen molar-refractivity contribution in [3.05, 3.63) is 29.8 Å². The topological polar surface area (TPSA) is 55.8 Å². The molecule has 0 aliphatic carbocycles. The lowest BCUT2D eigenvalue weighted by molar-refractivity contribution is -0.148. The van der Waals surface area contributed by atoms with Crippen molar-refractivity contribution >= 4 is 5.97 Å². The van der Waals surface area contributed by atoms with Gasteiger partial charge in [0, 0.05) is 0 Å². The quantitative estimate of drug-likeness (QED) is 0.771. The lowest BCUT2D eigenvalue weighted by atomic mass is 9.92. The molecule has 0 radical (unpaired) electrons. The Kier molecular flexibility index (Phi) is 5.83. The summed E-state index contributed by atoms with van der Waals surface area (Å²) in [6, 6.07) is 7.13. The van der Waals surface area contributed by atoms with E-state index in [0.717, 1.165) is 12.2 Å². The van der Waals surface area contributed by atoms with Gasteiger partial charge in [0.1, 0.15) is 5.75 Å². The third-order valence-corrected chi connectivity index (χ3v) is 2.74. The van der Waals surface area contributed by atoms with Crippen LogP contribution >= 0.6 is 0 Å². The van der Waals surface area contributed by atoms with Crippen LogP contribution in [0.2, 0.25) is 0 Å². The SMILES string of the molecule is CCCOc1ccc(C(C)(O)CC(=O)OCC)cc1. The van der Waals surface area contributed by atoms with Gasteiger partial charge >= 0.3 is 5.97 Å². The van der Waals surface area contributed by atoms with Crippen molar-refractivity contribution in [3.63, 3.8) is 0 Å². The van der Waals surface area contributed by atoms with Gasteiger partial charge in [0.25, 0.3) is 0 Å². The monoisotopic (exact) mass is 266 g/mol. The molecule has 1 aromatic rings. The molecule has 0 aliphatic heterocycles. The molecule has 0 saturated carbocycles. The molecule has 4 nitrogen and oxygen atoms in total. The normalized spacial score (nSPS) is 13.7.